The van der Waals surface area contributed by atoms with Gasteiger partial charge in [-0.3, -0.25) is 9.78 Å². The summed E-state index contributed by atoms with van der Waals surface area (Å²) in [5.74, 6) is 0.766. The average molecular weight is 408 g/mol. The molecule has 0 bridgehead atoms. The number of pyridine rings is 1. The van der Waals surface area contributed by atoms with Crippen LogP contribution in [0.1, 0.15) is 34.1 Å². The Kier molecular flexibility index (Phi) is 5.94. The summed E-state index contributed by atoms with van der Waals surface area (Å²) in [4.78, 5) is 18.1. The molecule has 0 aliphatic heterocycles. The van der Waals surface area contributed by atoms with Gasteiger partial charge in [0.1, 0.15) is 5.75 Å². The number of allylic oxidation sites excluding steroid dienone is 1. The number of ether oxygens (including phenoxy) is 1. The molecular weight excluding hydrogens is 382 g/mol. The summed E-state index contributed by atoms with van der Waals surface area (Å²) >= 11 is 0. The number of rotatable bonds is 6. The maximum absolute atomic E-state index is 13.4. The first kappa shape index (κ1) is 20.5. The summed E-state index contributed by atoms with van der Waals surface area (Å²) in [5.41, 5.74) is 6.32. The maximum atomic E-state index is 13.4. The highest BCUT2D eigenvalue weighted by Gasteiger charge is 2.19. The Balaban J connectivity index is 1.80. The van der Waals surface area contributed by atoms with Crippen LogP contribution in [0.5, 0.6) is 5.75 Å². The average Bonchev–Trinajstić information content (AvgIpc) is 2.78. The summed E-state index contributed by atoms with van der Waals surface area (Å²) in [5, 5.41) is 0.986. The smallest absolute Gasteiger partial charge is 0.188 e. The summed E-state index contributed by atoms with van der Waals surface area (Å²) < 4.78 is 5.49. The first-order valence-corrected chi connectivity index (χ1v) is 10.5. The van der Waals surface area contributed by atoms with Gasteiger partial charge in [-0.2, -0.15) is 0 Å². The zero-order valence-corrected chi connectivity index (χ0v) is 18.1. The van der Waals surface area contributed by atoms with Crippen LogP contribution < -0.4 is 4.74 Å². The second-order valence-corrected chi connectivity index (χ2v) is 7.53. The third-order valence-corrected chi connectivity index (χ3v) is 5.25. The zero-order chi connectivity index (χ0) is 21.8. The van der Waals surface area contributed by atoms with Crippen LogP contribution in [0.3, 0.4) is 0 Å². The van der Waals surface area contributed by atoms with Crippen molar-refractivity contribution in [2.45, 2.75) is 20.8 Å². The van der Waals surface area contributed by atoms with Crippen LogP contribution >= 0.6 is 0 Å². The molecule has 0 unspecified atom stereocenters. The summed E-state index contributed by atoms with van der Waals surface area (Å²) in [6.45, 7) is 6.55. The third-order valence-electron chi connectivity index (χ3n) is 5.25. The number of benzene rings is 3. The van der Waals surface area contributed by atoms with Crippen molar-refractivity contribution < 1.29 is 9.53 Å². The Bertz CT molecular complexity index is 1260. The second-order valence-electron chi connectivity index (χ2n) is 7.53. The molecule has 0 N–H and O–H groups in total. The number of nitrogens with zero attached hydrogens (tertiary/aromatic N) is 1. The van der Waals surface area contributed by atoms with Crippen LogP contribution in [0, 0.1) is 13.8 Å². The molecule has 154 valence electrons. The van der Waals surface area contributed by atoms with Gasteiger partial charge in [-0.1, -0.05) is 60.7 Å². The van der Waals surface area contributed by atoms with Crippen molar-refractivity contribution in [2.24, 2.45) is 0 Å². The molecule has 31 heavy (non-hydrogen) atoms. The van der Waals surface area contributed by atoms with Gasteiger partial charge in [0.25, 0.3) is 0 Å². The van der Waals surface area contributed by atoms with Crippen molar-refractivity contribution in [1.82, 2.24) is 4.98 Å². The molecule has 0 fully saturated rings. The number of hydrogen-bond donors (Lipinski definition) is 0. The first-order valence-electron chi connectivity index (χ1n) is 10.5. The molecule has 3 nitrogen and oxygen atoms in total. The minimum absolute atomic E-state index is 0.0554. The molecule has 0 aliphatic carbocycles. The first-order chi connectivity index (χ1) is 15.1. The van der Waals surface area contributed by atoms with Crippen molar-refractivity contribution in [3.8, 4) is 16.9 Å². The molecule has 0 atom stereocenters. The molecule has 0 radical (unpaired) electrons. The number of aromatic nitrogens is 1. The molecule has 3 aromatic carbocycles. The van der Waals surface area contributed by atoms with E-state index in [9.17, 15) is 4.79 Å². The van der Waals surface area contributed by atoms with Gasteiger partial charge in [0.2, 0.25) is 0 Å². The van der Waals surface area contributed by atoms with Crippen molar-refractivity contribution in [2.75, 3.05) is 6.61 Å². The van der Waals surface area contributed by atoms with Crippen LogP contribution in [0.15, 0.2) is 78.9 Å². The van der Waals surface area contributed by atoms with E-state index in [1.54, 1.807) is 6.08 Å². The summed E-state index contributed by atoms with van der Waals surface area (Å²) in [6, 6.07) is 24.0. The number of ketones is 1. The van der Waals surface area contributed by atoms with Crippen LogP contribution in [-0.2, 0) is 0 Å². The highest BCUT2D eigenvalue weighted by atomic mass is 16.5. The van der Waals surface area contributed by atoms with E-state index in [1.165, 1.54) is 0 Å². The van der Waals surface area contributed by atoms with Crippen molar-refractivity contribution >= 4 is 22.8 Å². The van der Waals surface area contributed by atoms with Crippen LogP contribution in [0.2, 0.25) is 0 Å². The zero-order valence-electron chi connectivity index (χ0n) is 18.1. The lowest BCUT2D eigenvalue weighted by molar-refractivity contribution is 0.104. The normalized spacial score (nSPS) is 11.2. The van der Waals surface area contributed by atoms with Crippen LogP contribution in [-0.4, -0.2) is 17.4 Å². The van der Waals surface area contributed by atoms with E-state index >= 15 is 0 Å². The van der Waals surface area contributed by atoms with E-state index in [0.29, 0.717) is 12.2 Å². The van der Waals surface area contributed by atoms with Gasteiger partial charge < -0.3 is 4.74 Å². The number of carbonyl (C=O) groups excluding carboxylic acids is 1. The van der Waals surface area contributed by atoms with Crippen LogP contribution in [0.25, 0.3) is 28.1 Å². The molecule has 1 aromatic heterocycles. The Hall–Kier alpha value is -3.72. The highest BCUT2D eigenvalue weighted by molar-refractivity contribution is 6.16. The third kappa shape index (κ3) is 4.41. The van der Waals surface area contributed by atoms with Gasteiger partial charge in [0.05, 0.1) is 17.7 Å². The van der Waals surface area contributed by atoms with Gasteiger partial charge >= 0.3 is 0 Å². The molecule has 0 saturated heterocycles. The quantitative estimate of drug-likeness (QED) is 0.260. The van der Waals surface area contributed by atoms with E-state index in [2.05, 4.69) is 25.1 Å². The predicted octanol–water partition coefficient (Wildman–Crippen LogP) is 6.81. The second kappa shape index (κ2) is 8.97. The Morgan fingerprint density at radius 3 is 2.42 bits per heavy atom. The molecule has 3 heteroatoms. The molecule has 0 spiro atoms. The van der Waals surface area contributed by atoms with Gasteiger partial charge in [-0.05, 0) is 61.7 Å². The molecule has 0 amide bonds. The fourth-order valence-electron chi connectivity index (χ4n) is 3.80. The Labute approximate surface area is 183 Å². The topological polar surface area (TPSA) is 39.2 Å². The van der Waals surface area contributed by atoms with E-state index in [1.807, 2.05) is 74.5 Å². The lowest BCUT2D eigenvalue weighted by Gasteiger charge is -2.14. The minimum Gasteiger partial charge on any atom is -0.494 e. The highest BCUT2D eigenvalue weighted by Crippen LogP contribution is 2.34. The van der Waals surface area contributed by atoms with Crippen LogP contribution in [0.4, 0.5) is 0 Å². The Morgan fingerprint density at radius 1 is 0.968 bits per heavy atom. The Morgan fingerprint density at radius 2 is 1.71 bits per heavy atom. The molecule has 0 aliphatic rings. The summed E-state index contributed by atoms with van der Waals surface area (Å²) in [6.07, 6.45) is 3.47. The van der Waals surface area contributed by atoms with Crippen molar-refractivity contribution in [1.29, 1.82) is 0 Å². The lowest BCUT2D eigenvalue weighted by atomic mass is 9.91. The molecule has 4 aromatic rings. The van der Waals surface area contributed by atoms with Gasteiger partial charge in [-0.25, -0.2) is 0 Å². The van der Waals surface area contributed by atoms with Gasteiger partial charge in [0.15, 0.2) is 5.78 Å². The monoisotopic (exact) mass is 407 g/mol. The molecule has 1 heterocycles. The molecule has 0 saturated carbocycles. The van der Waals surface area contributed by atoms with Crippen molar-refractivity contribution in [3.05, 3.63) is 101 Å². The van der Waals surface area contributed by atoms with E-state index in [-0.39, 0.29) is 5.78 Å². The van der Waals surface area contributed by atoms with Gasteiger partial charge in [-0.15, -0.1) is 0 Å². The standard InChI is InChI=1S/C28H25NO2/c1-4-31-23-14-11-21(12-15-23)13-17-26(30)27-20(3)29-25-18-19(2)10-16-24(25)28(27)22-8-6-5-7-9-22/h5-18H,4H2,1-3H3. The van der Waals surface area contributed by atoms with E-state index < -0.39 is 0 Å². The molecule has 4 rings (SSSR count). The SMILES string of the molecule is CCOc1ccc(C=CC(=O)c2c(C)nc3cc(C)ccc3c2-c2ccccc2)cc1. The fourth-order valence-corrected chi connectivity index (χ4v) is 3.80. The van der Waals surface area contributed by atoms with Gasteiger partial charge in [0, 0.05) is 16.6 Å². The number of carbonyl (C=O) groups is 1. The predicted molar refractivity (Wildman–Crippen MR) is 128 cm³/mol. The maximum Gasteiger partial charge on any atom is 0.188 e. The number of aryl methyl sites for hydroxylation is 2. The molecular formula is C28H25NO2. The lowest BCUT2D eigenvalue weighted by Crippen LogP contribution is -2.05. The number of fused-ring (bicyclic) bond motifs is 1. The van der Waals surface area contributed by atoms with Crippen molar-refractivity contribution in [3.63, 3.8) is 0 Å². The van der Waals surface area contributed by atoms with E-state index in [4.69, 9.17) is 9.72 Å². The minimum atomic E-state index is -0.0554. The largest absolute Gasteiger partial charge is 0.494 e. The fraction of sp³-hybridized carbons (Fsp3) is 0.143. The summed E-state index contributed by atoms with van der Waals surface area (Å²) in [7, 11) is 0. The number of hydrogen-bond acceptors (Lipinski definition) is 3. The van der Waals surface area contributed by atoms with E-state index in [0.717, 1.165) is 44.6 Å².